The predicted molar refractivity (Wildman–Crippen MR) is 62.7 cm³/mol. The van der Waals surface area contributed by atoms with E-state index in [1.54, 1.807) is 25.4 Å². The normalized spacial score (nSPS) is 18.6. The standard InChI is InChI=1S/C10H10N2O4S/c1-15-6-3-2-4-11-8(6)9-12-7(5-17-9)16-10(13)14/h2-4,7H,5H2,1H3,(H,13,14). The molecule has 90 valence electrons. The quantitative estimate of drug-likeness (QED) is 0.825. The second-order valence-corrected chi connectivity index (χ2v) is 4.15. The maximum absolute atomic E-state index is 10.4. The lowest BCUT2D eigenvalue weighted by Gasteiger charge is -2.05. The first kappa shape index (κ1) is 11.7. The number of pyridine rings is 1. The summed E-state index contributed by atoms with van der Waals surface area (Å²) in [5, 5.41) is 9.12. The molecule has 1 aliphatic rings. The van der Waals surface area contributed by atoms with Gasteiger partial charge in [0.15, 0.2) is 0 Å². The van der Waals surface area contributed by atoms with Gasteiger partial charge in [-0.3, -0.25) is 4.98 Å². The van der Waals surface area contributed by atoms with E-state index >= 15 is 0 Å². The third-order valence-electron chi connectivity index (χ3n) is 2.05. The molecule has 2 heterocycles. The first-order valence-electron chi connectivity index (χ1n) is 4.80. The Balaban J connectivity index is 2.20. The van der Waals surface area contributed by atoms with Crippen molar-refractivity contribution in [2.45, 2.75) is 6.23 Å². The Morgan fingerprint density at radius 1 is 1.65 bits per heavy atom. The number of carboxylic acid groups (broad SMARTS) is 1. The number of carbonyl (C=O) groups is 1. The van der Waals surface area contributed by atoms with Gasteiger partial charge in [0, 0.05) is 6.20 Å². The van der Waals surface area contributed by atoms with Crippen molar-refractivity contribution in [2.75, 3.05) is 12.9 Å². The number of thioether (sulfide) groups is 1. The van der Waals surface area contributed by atoms with E-state index in [0.717, 1.165) is 0 Å². The zero-order valence-electron chi connectivity index (χ0n) is 8.99. The SMILES string of the molecule is COc1cccnc1C1=NC(OC(=O)O)CS1. The van der Waals surface area contributed by atoms with Crippen molar-refractivity contribution in [1.29, 1.82) is 0 Å². The van der Waals surface area contributed by atoms with Gasteiger partial charge < -0.3 is 14.6 Å². The lowest BCUT2D eigenvalue weighted by atomic mass is 10.3. The lowest BCUT2D eigenvalue weighted by molar-refractivity contribution is 0.0651. The summed E-state index contributed by atoms with van der Waals surface area (Å²) in [5.74, 6) is 1.07. The number of aliphatic imine (C=N–C) groups is 1. The van der Waals surface area contributed by atoms with E-state index in [4.69, 9.17) is 9.84 Å². The molecule has 1 N–H and O–H groups in total. The minimum Gasteiger partial charge on any atom is -0.494 e. The molecule has 7 heteroatoms. The Morgan fingerprint density at radius 2 is 2.47 bits per heavy atom. The van der Waals surface area contributed by atoms with Gasteiger partial charge in [0.2, 0.25) is 6.23 Å². The monoisotopic (exact) mass is 254 g/mol. The van der Waals surface area contributed by atoms with Crippen molar-refractivity contribution in [3.63, 3.8) is 0 Å². The van der Waals surface area contributed by atoms with Crippen LogP contribution in [0.5, 0.6) is 5.75 Å². The van der Waals surface area contributed by atoms with Crippen LogP contribution in [0.2, 0.25) is 0 Å². The smallest absolute Gasteiger partial charge is 0.494 e. The fourth-order valence-corrected chi connectivity index (χ4v) is 2.30. The molecule has 0 aromatic carbocycles. The van der Waals surface area contributed by atoms with E-state index in [9.17, 15) is 4.79 Å². The van der Waals surface area contributed by atoms with Crippen LogP contribution in [-0.2, 0) is 4.74 Å². The molecule has 1 atom stereocenters. The number of hydrogen-bond donors (Lipinski definition) is 1. The van der Waals surface area contributed by atoms with Crippen molar-refractivity contribution in [3.8, 4) is 5.75 Å². The third kappa shape index (κ3) is 2.68. The van der Waals surface area contributed by atoms with Crippen LogP contribution in [0.15, 0.2) is 23.3 Å². The van der Waals surface area contributed by atoms with Crippen molar-refractivity contribution < 1.29 is 19.4 Å². The molecule has 0 radical (unpaired) electrons. The number of methoxy groups -OCH3 is 1. The Hall–Kier alpha value is -1.76. The van der Waals surface area contributed by atoms with Crippen LogP contribution in [0.1, 0.15) is 5.69 Å². The van der Waals surface area contributed by atoms with Crippen LogP contribution >= 0.6 is 11.8 Å². The summed E-state index contributed by atoms with van der Waals surface area (Å²) in [6.45, 7) is 0. The maximum atomic E-state index is 10.4. The molecule has 2 rings (SSSR count). The van der Waals surface area contributed by atoms with Gasteiger partial charge in [0.1, 0.15) is 16.5 Å². The molecular formula is C10H10N2O4S. The first-order valence-corrected chi connectivity index (χ1v) is 5.79. The minimum atomic E-state index is -1.33. The van der Waals surface area contributed by atoms with Crippen LogP contribution in [0.25, 0.3) is 0 Å². The van der Waals surface area contributed by atoms with Crippen molar-refractivity contribution >= 4 is 23.0 Å². The van der Waals surface area contributed by atoms with Gasteiger partial charge in [-0.05, 0) is 12.1 Å². The number of hydrogen-bond acceptors (Lipinski definition) is 6. The fourth-order valence-electron chi connectivity index (χ4n) is 1.38. The average molecular weight is 254 g/mol. The van der Waals surface area contributed by atoms with Crippen LogP contribution in [-0.4, -0.2) is 40.4 Å². The summed E-state index contributed by atoms with van der Waals surface area (Å²) in [4.78, 5) is 18.7. The topological polar surface area (TPSA) is 81.0 Å². The van der Waals surface area contributed by atoms with E-state index in [0.29, 0.717) is 22.2 Å². The molecule has 1 unspecified atom stereocenters. The summed E-state index contributed by atoms with van der Waals surface area (Å²) < 4.78 is 9.74. The highest BCUT2D eigenvalue weighted by Crippen LogP contribution is 2.27. The molecule has 0 amide bonds. The van der Waals surface area contributed by atoms with Crippen LogP contribution in [0.4, 0.5) is 4.79 Å². The Labute approximate surface area is 102 Å². The summed E-state index contributed by atoms with van der Waals surface area (Å²) in [7, 11) is 1.55. The van der Waals surface area contributed by atoms with Crippen molar-refractivity contribution in [1.82, 2.24) is 4.98 Å². The summed E-state index contributed by atoms with van der Waals surface area (Å²) in [6.07, 6.45) is -0.362. The van der Waals surface area contributed by atoms with Gasteiger partial charge in [0.25, 0.3) is 0 Å². The molecule has 1 aromatic rings. The largest absolute Gasteiger partial charge is 0.507 e. The second-order valence-electron chi connectivity index (χ2n) is 3.14. The van der Waals surface area contributed by atoms with Gasteiger partial charge in [-0.15, -0.1) is 0 Å². The molecule has 17 heavy (non-hydrogen) atoms. The van der Waals surface area contributed by atoms with Gasteiger partial charge in [0.05, 0.1) is 12.9 Å². The second kappa shape index (κ2) is 5.05. The molecule has 6 nitrogen and oxygen atoms in total. The third-order valence-corrected chi connectivity index (χ3v) is 3.08. The minimum absolute atomic E-state index is 0.460. The van der Waals surface area contributed by atoms with Gasteiger partial charge >= 0.3 is 6.16 Å². The molecule has 1 aromatic heterocycles. The van der Waals surface area contributed by atoms with E-state index in [-0.39, 0.29) is 0 Å². The van der Waals surface area contributed by atoms with Gasteiger partial charge in [-0.25, -0.2) is 9.79 Å². The van der Waals surface area contributed by atoms with Gasteiger partial charge in [-0.2, -0.15) is 0 Å². The van der Waals surface area contributed by atoms with E-state index < -0.39 is 12.4 Å². The molecule has 0 bridgehead atoms. The molecule has 0 fully saturated rings. The highest BCUT2D eigenvalue weighted by molar-refractivity contribution is 8.14. The summed E-state index contributed by atoms with van der Waals surface area (Å²) in [6, 6.07) is 3.53. The van der Waals surface area contributed by atoms with E-state index in [2.05, 4.69) is 14.7 Å². The number of nitrogens with zero attached hydrogens (tertiary/aromatic N) is 2. The van der Waals surface area contributed by atoms with E-state index in [1.807, 2.05) is 0 Å². The molecule has 0 aliphatic carbocycles. The number of rotatable bonds is 3. The highest BCUT2D eigenvalue weighted by Gasteiger charge is 2.25. The lowest BCUT2D eigenvalue weighted by Crippen LogP contribution is -2.13. The van der Waals surface area contributed by atoms with Gasteiger partial charge in [-0.1, -0.05) is 11.8 Å². The van der Waals surface area contributed by atoms with Crippen LogP contribution < -0.4 is 4.74 Å². The molecular weight excluding hydrogens is 244 g/mol. The Morgan fingerprint density at radius 3 is 3.18 bits per heavy atom. The predicted octanol–water partition coefficient (Wildman–Crippen LogP) is 1.60. The fraction of sp³-hybridized carbons (Fsp3) is 0.300. The van der Waals surface area contributed by atoms with E-state index in [1.165, 1.54) is 11.8 Å². The average Bonchev–Trinajstić information content (AvgIpc) is 2.76. The molecule has 0 saturated carbocycles. The zero-order chi connectivity index (χ0) is 12.3. The highest BCUT2D eigenvalue weighted by atomic mass is 32.2. The summed E-state index contributed by atoms with van der Waals surface area (Å²) in [5.41, 5.74) is 0.608. The van der Waals surface area contributed by atoms with Crippen LogP contribution in [0.3, 0.4) is 0 Å². The Bertz CT molecular complexity index is 463. The molecule has 1 aliphatic heterocycles. The molecule has 0 saturated heterocycles. The van der Waals surface area contributed by atoms with Crippen molar-refractivity contribution in [2.24, 2.45) is 4.99 Å². The maximum Gasteiger partial charge on any atom is 0.507 e. The Kier molecular flexibility index (Phi) is 3.48. The number of ether oxygens (including phenoxy) is 2. The van der Waals surface area contributed by atoms with Crippen LogP contribution in [0, 0.1) is 0 Å². The van der Waals surface area contributed by atoms with Crippen molar-refractivity contribution in [3.05, 3.63) is 24.0 Å². The number of aromatic nitrogens is 1. The summed E-state index contributed by atoms with van der Waals surface area (Å²) >= 11 is 1.39. The first-order chi connectivity index (χ1) is 8.20. The zero-order valence-corrected chi connectivity index (χ0v) is 9.81. The molecule has 0 spiro atoms.